The molecule has 1 saturated heterocycles. The van der Waals surface area contributed by atoms with Crippen molar-refractivity contribution in [3.63, 3.8) is 0 Å². The van der Waals surface area contributed by atoms with Gasteiger partial charge in [-0.05, 0) is 30.7 Å². The SMILES string of the molecule is Cc1nn(-c2ccccc2)c2sc(C(=O)N3CCN(S(=O)(=O)Cc4ccccc4)CC3)cc12. The van der Waals surface area contributed by atoms with Crippen LogP contribution in [-0.2, 0) is 15.8 Å². The van der Waals surface area contributed by atoms with Gasteiger partial charge in [-0.15, -0.1) is 11.3 Å². The number of hydrogen-bond acceptors (Lipinski definition) is 5. The van der Waals surface area contributed by atoms with E-state index < -0.39 is 10.0 Å². The van der Waals surface area contributed by atoms with Gasteiger partial charge in [0.1, 0.15) is 4.83 Å². The van der Waals surface area contributed by atoms with E-state index in [9.17, 15) is 13.2 Å². The third-order valence-corrected chi connectivity index (χ3v) is 8.82. The molecule has 2 aromatic heterocycles. The zero-order valence-corrected chi connectivity index (χ0v) is 19.8. The Bertz CT molecular complexity index is 1390. The predicted octanol–water partition coefficient (Wildman–Crippen LogP) is 3.68. The molecule has 0 atom stereocenters. The van der Waals surface area contributed by atoms with Gasteiger partial charge >= 0.3 is 0 Å². The lowest BCUT2D eigenvalue weighted by molar-refractivity contribution is 0.0702. The molecule has 1 aliphatic heterocycles. The number of aryl methyl sites for hydroxylation is 1. The summed E-state index contributed by atoms with van der Waals surface area (Å²) in [5, 5.41) is 5.60. The molecule has 9 heteroatoms. The zero-order chi connectivity index (χ0) is 23.0. The van der Waals surface area contributed by atoms with Crippen LogP contribution < -0.4 is 0 Å². The topological polar surface area (TPSA) is 75.5 Å². The molecule has 33 heavy (non-hydrogen) atoms. The molecule has 0 spiro atoms. The molecule has 2 aromatic carbocycles. The van der Waals surface area contributed by atoms with Gasteiger partial charge in [0.15, 0.2) is 0 Å². The number of amides is 1. The minimum Gasteiger partial charge on any atom is -0.335 e. The fraction of sp³-hybridized carbons (Fsp3) is 0.250. The van der Waals surface area contributed by atoms with E-state index in [0.29, 0.717) is 31.1 Å². The van der Waals surface area contributed by atoms with Crippen LogP contribution in [0.4, 0.5) is 0 Å². The van der Waals surface area contributed by atoms with Gasteiger partial charge < -0.3 is 4.90 Å². The summed E-state index contributed by atoms with van der Waals surface area (Å²) in [7, 11) is -3.42. The van der Waals surface area contributed by atoms with Gasteiger partial charge in [0, 0.05) is 31.6 Å². The highest BCUT2D eigenvalue weighted by Crippen LogP contribution is 2.31. The zero-order valence-electron chi connectivity index (χ0n) is 18.2. The number of fused-ring (bicyclic) bond motifs is 1. The Morgan fingerprint density at radius 2 is 1.61 bits per heavy atom. The predicted molar refractivity (Wildman–Crippen MR) is 130 cm³/mol. The average molecular weight is 481 g/mol. The maximum absolute atomic E-state index is 13.2. The second kappa shape index (κ2) is 8.74. The van der Waals surface area contributed by atoms with Gasteiger partial charge in [-0.1, -0.05) is 48.5 Å². The largest absolute Gasteiger partial charge is 0.335 e. The molecule has 3 heterocycles. The minimum atomic E-state index is -3.42. The van der Waals surface area contributed by atoms with Gasteiger partial charge in [-0.25, -0.2) is 13.1 Å². The summed E-state index contributed by atoms with van der Waals surface area (Å²) in [6.45, 7) is 3.32. The Labute approximate surface area is 196 Å². The third-order valence-electron chi connectivity index (χ3n) is 5.87. The van der Waals surface area contributed by atoms with Gasteiger partial charge in [-0.2, -0.15) is 9.40 Å². The number of carbonyl (C=O) groups excluding carboxylic acids is 1. The summed E-state index contributed by atoms with van der Waals surface area (Å²) in [6.07, 6.45) is 0. The first-order chi connectivity index (χ1) is 15.9. The first-order valence-electron chi connectivity index (χ1n) is 10.8. The van der Waals surface area contributed by atoms with E-state index in [1.807, 2.05) is 78.3 Å². The van der Waals surface area contributed by atoms with E-state index in [-0.39, 0.29) is 11.7 Å². The van der Waals surface area contributed by atoms with Crippen LogP contribution in [0.3, 0.4) is 0 Å². The highest BCUT2D eigenvalue weighted by Gasteiger charge is 2.30. The number of aromatic nitrogens is 2. The summed E-state index contributed by atoms with van der Waals surface area (Å²) in [4.78, 5) is 16.5. The fourth-order valence-electron chi connectivity index (χ4n) is 4.10. The van der Waals surface area contributed by atoms with Crippen molar-refractivity contribution in [1.82, 2.24) is 19.0 Å². The maximum Gasteiger partial charge on any atom is 0.264 e. The summed E-state index contributed by atoms with van der Waals surface area (Å²) in [5.74, 6) is -0.0804. The molecule has 170 valence electrons. The van der Waals surface area contributed by atoms with Crippen LogP contribution in [-0.4, -0.2) is 59.5 Å². The fourth-order valence-corrected chi connectivity index (χ4v) is 6.76. The summed E-state index contributed by atoms with van der Waals surface area (Å²) in [5.41, 5.74) is 2.60. The lowest BCUT2D eigenvalue weighted by Gasteiger charge is -2.33. The van der Waals surface area contributed by atoms with E-state index in [2.05, 4.69) is 5.10 Å². The summed E-state index contributed by atoms with van der Waals surface area (Å²) in [6, 6.07) is 20.9. The average Bonchev–Trinajstić information content (AvgIpc) is 3.40. The van der Waals surface area contributed by atoms with E-state index in [1.165, 1.54) is 15.6 Å². The minimum absolute atomic E-state index is 0.0205. The summed E-state index contributed by atoms with van der Waals surface area (Å²) >= 11 is 1.43. The van der Waals surface area contributed by atoms with Crippen LogP contribution >= 0.6 is 11.3 Å². The number of benzene rings is 2. The van der Waals surface area contributed by atoms with Crippen molar-refractivity contribution in [3.05, 3.63) is 82.9 Å². The Balaban J connectivity index is 1.30. The Hall–Kier alpha value is -3.01. The molecular formula is C24H24N4O3S2. The van der Waals surface area contributed by atoms with Crippen molar-refractivity contribution in [1.29, 1.82) is 0 Å². The molecular weight excluding hydrogens is 456 g/mol. The Kier molecular flexibility index (Phi) is 5.77. The van der Waals surface area contributed by atoms with Crippen LogP contribution in [0.1, 0.15) is 20.9 Å². The van der Waals surface area contributed by atoms with Crippen LogP contribution in [0, 0.1) is 6.92 Å². The van der Waals surface area contributed by atoms with Gasteiger partial charge in [0.2, 0.25) is 10.0 Å². The number of para-hydroxylation sites is 1. The maximum atomic E-state index is 13.2. The number of sulfonamides is 1. The quantitative estimate of drug-likeness (QED) is 0.437. The van der Waals surface area contributed by atoms with Crippen molar-refractivity contribution in [2.24, 2.45) is 0 Å². The Morgan fingerprint density at radius 1 is 0.970 bits per heavy atom. The van der Waals surface area contributed by atoms with Crippen LogP contribution in [0.2, 0.25) is 0 Å². The van der Waals surface area contributed by atoms with Crippen LogP contribution in [0.25, 0.3) is 15.9 Å². The number of carbonyl (C=O) groups is 1. The first-order valence-corrected chi connectivity index (χ1v) is 13.2. The smallest absolute Gasteiger partial charge is 0.264 e. The van der Waals surface area contributed by atoms with Crippen LogP contribution in [0.5, 0.6) is 0 Å². The number of hydrogen-bond donors (Lipinski definition) is 0. The van der Waals surface area contributed by atoms with Gasteiger partial charge in [0.25, 0.3) is 5.91 Å². The number of piperazine rings is 1. The molecule has 7 nitrogen and oxygen atoms in total. The molecule has 0 radical (unpaired) electrons. The van der Waals surface area contributed by atoms with E-state index in [4.69, 9.17) is 0 Å². The van der Waals surface area contributed by atoms with Crippen molar-refractivity contribution >= 4 is 37.5 Å². The van der Waals surface area contributed by atoms with Crippen molar-refractivity contribution in [2.45, 2.75) is 12.7 Å². The molecule has 1 aliphatic rings. The summed E-state index contributed by atoms with van der Waals surface area (Å²) < 4.78 is 29.0. The normalized spacial score (nSPS) is 15.2. The molecule has 0 unspecified atom stereocenters. The molecule has 0 aliphatic carbocycles. The highest BCUT2D eigenvalue weighted by molar-refractivity contribution is 7.88. The molecule has 5 rings (SSSR count). The molecule has 0 bridgehead atoms. The molecule has 1 fully saturated rings. The second-order valence-corrected chi connectivity index (χ2v) is 11.1. The number of thiophene rings is 1. The molecule has 0 N–H and O–H groups in total. The lowest BCUT2D eigenvalue weighted by Crippen LogP contribution is -2.50. The first kappa shape index (κ1) is 21.8. The second-order valence-electron chi connectivity index (χ2n) is 8.10. The molecule has 1 amide bonds. The van der Waals surface area contributed by atoms with Crippen molar-refractivity contribution in [2.75, 3.05) is 26.2 Å². The standard InChI is InChI=1S/C24H24N4O3S2/c1-18-21-16-22(32-24(21)28(25-18)20-10-6-3-7-11-20)23(29)26-12-14-27(15-13-26)33(30,31)17-19-8-4-2-5-9-19/h2-11,16H,12-15,17H2,1H3. The van der Waals surface area contributed by atoms with Crippen molar-refractivity contribution < 1.29 is 13.2 Å². The van der Waals surface area contributed by atoms with Crippen LogP contribution in [0.15, 0.2) is 66.7 Å². The third kappa shape index (κ3) is 4.31. The van der Waals surface area contributed by atoms with E-state index in [0.717, 1.165) is 27.2 Å². The monoisotopic (exact) mass is 480 g/mol. The Morgan fingerprint density at radius 3 is 2.27 bits per heavy atom. The van der Waals surface area contributed by atoms with Gasteiger partial charge in [-0.3, -0.25) is 4.79 Å². The van der Waals surface area contributed by atoms with E-state index in [1.54, 1.807) is 4.90 Å². The van der Waals surface area contributed by atoms with E-state index >= 15 is 0 Å². The lowest BCUT2D eigenvalue weighted by atomic mass is 10.2. The van der Waals surface area contributed by atoms with Gasteiger partial charge in [0.05, 0.1) is 22.0 Å². The van der Waals surface area contributed by atoms with Crippen molar-refractivity contribution in [3.8, 4) is 5.69 Å². The molecule has 0 saturated carbocycles. The number of rotatable bonds is 5. The molecule has 4 aromatic rings. The number of nitrogens with zero attached hydrogens (tertiary/aromatic N) is 4. The highest BCUT2D eigenvalue weighted by atomic mass is 32.2.